The van der Waals surface area contributed by atoms with Gasteiger partial charge in [0.15, 0.2) is 0 Å². The summed E-state index contributed by atoms with van der Waals surface area (Å²) in [7, 11) is 0. The Morgan fingerprint density at radius 2 is 1.77 bits per heavy atom. The number of hydrogen-bond donors (Lipinski definition) is 0. The average molecular weight is 358 g/mol. The van der Waals surface area contributed by atoms with E-state index in [9.17, 15) is 5.26 Å². The third-order valence-electron chi connectivity index (χ3n) is 4.28. The Morgan fingerprint density at radius 3 is 2.42 bits per heavy atom. The van der Waals surface area contributed by atoms with Crippen molar-refractivity contribution in [2.75, 3.05) is 0 Å². The highest BCUT2D eigenvalue weighted by Crippen LogP contribution is 2.26. The number of halogens is 1. The normalized spacial score (nSPS) is 11.0. The lowest BCUT2D eigenvalue weighted by molar-refractivity contribution is 0.964. The molecule has 3 nitrogen and oxygen atoms in total. The molecule has 2 aromatic carbocycles. The van der Waals surface area contributed by atoms with Gasteiger partial charge in [-0.15, -0.1) is 0 Å². The Bertz CT molecular complexity index is 1070. The molecule has 0 saturated heterocycles. The zero-order chi connectivity index (χ0) is 18.7. The maximum atomic E-state index is 9.60. The van der Waals surface area contributed by atoms with Crippen LogP contribution in [0.5, 0.6) is 0 Å². The number of hydrogen-bond acceptors (Lipinski definition) is 2. The molecule has 0 spiro atoms. The van der Waals surface area contributed by atoms with Gasteiger partial charge in [0.05, 0.1) is 23.3 Å². The smallest absolute Gasteiger partial charge is 0.0998 e. The van der Waals surface area contributed by atoms with Crippen molar-refractivity contribution in [1.82, 2.24) is 4.57 Å². The van der Waals surface area contributed by atoms with Gasteiger partial charge in [-0.2, -0.15) is 10.5 Å². The van der Waals surface area contributed by atoms with E-state index in [2.05, 4.69) is 22.8 Å². The maximum Gasteiger partial charge on any atom is 0.0998 e. The van der Waals surface area contributed by atoms with Gasteiger partial charge in [0.2, 0.25) is 0 Å². The van der Waals surface area contributed by atoms with Crippen molar-refractivity contribution in [1.29, 1.82) is 10.5 Å². The van der Waals surface area contributed by atoms with Crippen LogP contribution in [0.4, 0.5) is 0 Å². The number of aryl methyl sites for hydroxylation is 1. The molecular formula is C22H16ClN3. The van der Waals surface area contributed by atoms with Crippen LogP contribution in [-0.4, -0.2) is 4.57 Å². The van der Waals surface area contributed by atoms with Crippen molar-refractivity contribution in [3.8, 4) is 17.8 Å². The van der Waals surface area contributed by atoms with Crippen molar-refractivity contribution in [2.45, 2.75) is 13.8 Å². The fourth-order valence-electron chi connectivity index (χ4n) is 3.01. The van der Waals surface area contributed by atoms with Gasteiger partial charge in [0.25, 0.3) is 0 Å². The van der Waals surface area contributed by atoms with Crippen molar-refractivity contribution in [3.63, 3.8) is 0 Å². The molecule has 0 aliphatic rings. The van der Waals surface area contributed by atoms with Gasteiger partial charge < -0.3 is 4.57 Å². The molecule has 3 aromatic rings. The van der Waals surface area contributed by atoms with Crippen LogP contribution < -0.4 is 0 Å². The summed E-state index contributed by atoms with van der Waals surface area (Å²) in [5.74, 6) is 0. The van der Waals surface area contributed by atoms with Gasteiger partial charge in [-0.1, -0.05) is 23.7 Å². The first kappa shape index (κ1) is 17.5. The molecule has 0 radical (unpaired) electrons. The molecule has 0 unspecified atom stereocenters. The first-order chi connectivity index (χ1) is 12.5. The average Bonchev–Trinajstić information content (AvgIpc) is 2.94. The summed E-state index contributed by atoms with van der Waals surface area (Å²) in [5, 5.41) is 19.4. The number of nitriles is 2. The van der Waals surface area contributed by atoms with Gasteiger partial charge in [0, 0.05) is 22.1 Å². The van der Waals surface area contributed by atoms with Crippen LogP contribution in [-0.2, 0) is 0 Å². The summed E-state index contributed by atoms with van der Waals surface area (Å²) >= 11 is 5.99. The zero-order valence-electron chi connectivity index (χ0n) is 14.5. The van der Waals surface area contributed by atoms with E-state index in [1.165, 1.54) is 0 Å². The van der Waals surface area contributed by atoms with Gasteiger partial charge in [-0.05, 0) is 73.5 Å². The summed E-state index contributed by atoms with van der Waals surface area (Å²) in [6.45, 7) is 4.05. The fraction of sp³-hybridized carbons (Fsp3) is 0.0909. The molecule has 0 aliphatic heterocycles. The molecule has 3 rings (SSSR count). The number of benzene rings is 2. The molecule has 1 heterocycles. The van der Waals surface area contributed by atoms with E-state index < -0.39 is 0 Å². The van der Waals surface area contributed by atoms with E-state index in [4.69, 9.17) is 16.9 Å². The Kier molecular flexibility index (Phi) is 4.94. The third-order valence-corrected chi connectivity index (χ3v) is 4.53. The second-order valence-corrected chi connectivity index (χ2v) is 6.44. The van der Waals surface area contributed by atoms with E-state index in [1.807, 2.05) is 50.3 Å². The Hall–Kier alpha value is -3.27. The minimum Gasteiger partial charge on any atom is -0.318 e. The maximum absolute atomic E-state index is 9.60. The molecule has 1 aromatic heterocycles. The van der Waals surface area contributed by atoms with Crippen LogP contribution in [0, 0.1) is 36.5 Å². The Morgan fingerprint density at radius 1 is 1.04 bits per heavy atom. The summed E-state index contributed by atoms with van der Waals surface area (Å²) in [6, 6.07) is 21.2. The SMILES string of the molecule is Cc1cc(/C=C(/C#N)c2cccc(C#N)c2)c(C)n1-c1ccc(Cl)cc1. The quantitative estimate of drug-likeness (QED) is 0.566. The molecule has 4 heteroatoms. The highest BCUT2D eigenvalue weighted by Gasteiger charge is 2.11. The van der Waals surface area contributed by atoms with Gasteiger partial charge in [-0.3, -0.25) is 0 Å². The topological polar surface area (TPSA) is 52.5 Å². The lowest BCUT2D eigenvalue weighted by Crippen LogP contribution is -1.98. The zero-order valence-corrected chi connectivity index (χ0v) is 15.2. The number of allylic oxidation sites excluding steroid dienone is 1. The van der Waals surface area contributed by atoms with Crippen LogP contribution in [0.1, 0.15) is 28.1 Å². The van der Waals surface area contributed by atoms with Crippen LogP contribution in [0.3, 0.4) is 0 Å². The van der Waals surface area contributed by atoms with E-state index >= 15 is 0 Å². The standard InChI is InChI=1S/C22H16ClN3/c1-15-10-19(16(2)26(15)22-8-6-21(23)7-9-22)12-20(14-25)18-5-3-4-17(11-18)13-24/h3-12H,1-2H3/b20-12-. The predicted molar refractivity (Wildman–Crippen MR) is 105 cm³/mol. The highest BCUT2D eigenvalue weighted by molar-refractivity contribution is 6.30. The first-order valence-corrected chi connectivity index (χ1v) is 8.48. The fourth-order valence-corrected chi connectivity index (χ4v) is 3.14. The molecular weight excluding hydrogens is 342 g/mol. The van der Waals surface area contributed by atoms with Crippen LogP contribution in [0.15, 0.2) is 54.6 Å². The monoisotopic (exact) mass is 357 g/mol. The summed E-state index contributed by atoms with van der Waals surface area (Å²) in [4.78, 5) is 0. The highest BCUT2D eigenvalue weighted by atomic mass is 35.5. The molecule has 0 N–H and O–H groups in total. The van der Waals surface area contributed by atoms with E-state index in [0.29, 0.717) is 16.2 Å². The molecule has 126 valence electrons. The molecule has 0 fully saturated rings. The number of rotatable bonds is 3. The van der Waals surface area contributed by atoms with Gasteiger partial charge in [-0.25, -0.2) is 0 Å². The molecule has 0 saturated carbocycles. The van der Waals surface area contributed by atoms with Crippen molar-refractivity contribution < 1.29 is 0 Å². The molecule has 0 aliphatic carbocycles. The molecule has 0 atom stereocenters. The lowest BCUT2D eigenvalue weighted by Gasteiger charge is -2.09. The van der Waals surface area contributed by atoms with Crippen LogP contribution >= 0.6 is 11.6 Å². The van der Waals surface area contributed by atoms with Crippen LogP contribution in [0.2, 0.25) is 5.02 Å². The summed E-state index contributed by atoms with van der Waals surface area (Å²) < 4.78 is 2.13. The summed E-state index contributed by atoms with van der Waals surface area (Å²) in [6.07, 6.45) is 1.87. The second kappa shape index (κ2) is 7.31. The Labute approximate surface area is 158 Å². The van der Waals surface area contributed by atoms with Crippen molar-refractivity contribution in [3.05, 3.63) is 87.7 Å². The van der Waals surface area contributed by atoms with E-state index in [1.54, 1.807) is 18.2 Å². The van der Waals surface area contributed by atoms with Crippen molar-refractivity contribution >= 4 is 23.3 Å². The van der Waals surface area contributed by atoms with Crippen LogP contribution in [0.25, 0.3) is 17.3 Å². The molecule has 0 bridgehead atoms. The lowest BCUT2D eigenvalue weighted by atomic mass is 10.0. The minimum atomic E-state index is 0.526. The van der Waals surface area contributed by atoms with Gasteiger partial charge in [0.1, 0.15) is 0 Å². The number of aromatic nitrogens is 1. The largest absolute Gasteiger partial charge is 0.318 e. The van der Waals surface area contributed by atoms with E-state index in [-0.39, 0.29) is 0 Å². The Balaban J connectivity index is 2.08. The number of nitrogens with zero attached hydrogens (tertiary/aromatic N) is 3. The van der Waals surface area contributed by atoms with Crippen molar-refractivity contribution in [2.24, 2.45) is 0 Å². The predicted octanol–water partition coefficient (Wildman–Crippen LogP) is 5.68. The minimum absolute atomic E-state index is 0.526. The van der Waals surface area contributed by atoms with Gasteiger partial charge >= 0.3 is 0 Å². The van der Waals surface area contributed by atoms with E-state index in [0.717, 1.165) is 28.2 Å². The third kappa shape index (κ3) is 3.40. The molecule has 26 heavy (non-hydrogen) atoms. The first-order valence-electron chi connectivity index (χ1n) is 8.10. The second-order valence-electron chi connectivity index (χ2n) is 6.00. The summed E-state index contributed by atoms with van der Waals surface area (Å²) in [5.41, 5.74) is 5.90. The molecule has 0 amide bonds.